The van der Waals surface area contributed by atoms with Crippen LogP contribution in [-0.2, 0) is 6.54 Å². The molecule has 12 nitrogen and oxygen atoms in total. The molecular weight excluding hydrogens is 516 g/mol. The fourth-order valence-corrected chi connectivity index (χ4v) is 3.52. The number of hydrogen-bond donors (Lipinski definition) is 1. The first-order valence-corrected chi connectivity index (χ1v) is 10.5. The van der Waals surface area contributed by atoms with Crippen LogP contribution in [0.2, 0.25) is 0 Å². The lowest BCUT2D eigenvalue weighted by molar-refractivity contribution is -0.394. The van der Waals surface area contributed by atoms with Crippen molar-refractivity contribution in [3.05, 3.63) is 95.0 Å². The predicted octanol–water partition coefficient (Wildman–Crippen LogP) is 5.98. The third-order valence-corrected chi connectivity index (χ3v) is 5.10. The molecule has 0 amide bonds. The van der Waals surface area contributed by atoms with Gasteiger partial charge in [-0.3, -0.25) is 30.3 Å². The van der Waals surface area contributed by atoms with Gasteiger partial charge in [-0.2, -0.15) is 0 Å². The first kappa shape index (κ1) is 24.4. The molecule has 0 atom stereocenters. The van der Waals surface area contributed by atoms with Crippen molar-refractivity contribution in [2.24, 2.45) is 0 Å². The molecule has 0 bridgehead atoms. The highest BCUT2D eigenvalue weighted by atomic mass is 79.9. The molecule has 1 N–H and O–H groups in total. The molecule has 0 unspecified atom stereocenters. The van der Waals surface area contributed by atoms with E-state index >= 15 is 0 Å². The molecule has 0 aliphatic carbocycles. The van der Waals surface area contributed by atoms with Crippen LogP contribution < -0.4 is 14.8 Å². The molecule has 3 aromatic carbocycles. The summed E-state index contributed by atoms with van der Waals surface area (Å²) >= 11 is 3.39. The minimum absolute atomic E-state index is 0.0197. The van der Waals surface area contributed by atoms with Crippen LogP contribution in [0.15, 0.2) is 59.1 Å². The van der Waals surface area contributed by atoms with E-state index in [9.17, 15) is 30.3 Å². The maximum Gasteiger partial charge on any atom is 0.318 e. The second-order valence-electron chi connectivity index (χ2n) is 6.76. The Morgan fingerprint density at radius 3 is 2.09 bits per heavy atom. The molecule has 0 heterocycles. The van der Waals surface area contributed by atoms with E-state index in [0.717, 1.165) is 23.8 Å². The van der Waals surface area contributed by atoms with Gasteiger partial charge in [-0.25, -0.2) is 0 Å². The average Bonchev–Trinajstić information content (AvgIpc) is 2.80. The van der Waals surface area contributed by atoms with Gasteiger partial charge in [0.25, 0.3) is 11.4 Å². The molecule has 34 heavy (non-hydrogen) atoms. The summed E-state index contributed by atoms with van der Waals surface area (Å²) in [6.45, 7) is 2.38. The van der Waals surface area contributed by atoms with E-state index in [-0.39, 0.29) is 23.8 Å². The Kier molecular flexibility index (Phi) is 7.58. The van der Waals surface area contributed by atoms with E-state index in [0.29, 0.717) is 22.5 Å². The summed E-state index contributed by atoms with van der Waals surface area (Å²) in [6, 6.07) is 12.4. The Morgan fingerprint density at radius 1 is 0.853 bits per heavy atom. The molecule has 3 rings (SSSR count). The number of halogens is 1. The number of ether oxygens (including phenoxy) is 2. The smallest absolute Gasteiger partial charge is 0.318 e. The van der Waals surface area contributed by atoms with Crippen molar-refractivity contribution in [1.82, 2.24) is 0 Å². The summed E-state index contributed by atoms with van der Waals surface area (Å²) in [5, 5.41) is 36.3. The Bertz CT molecular complexity index is 1250. The van der Waals surface area contributed by atoms with Crippen LogP contribution in [0, 0.1) is 30.3 Å². The normalized spacial score (nSPS) is 10.4. The van der Waals surface area contributed by atoms with Gasteiger partial charge in [-0.05, 0) is 58.7 Å². The quantitative estimate of drug-likeness (QED) is 0.244. The SMILES string of the molecule is CCOc1cc(CNc2ccc([N+](=O)[O-])cc2)cc(Br)c1Oc1ccc([N+](=O)[O-])cc1[N+](=O)[O-]. The van der Waals surface area contributed by atoms with E-state index < -0.39 is 26.1 Å². The number of rotatable bonds is 10. The van der Waals surface area contributed by atoms with Crippen molar-refractivity contribution in [2.75, 3.05) is 11.9 Å². The van der Waals surface area contributed by atoms with Crippen LogP contribution in [-0.4, -0.2) is 21.4 Å². The Labute approximate surface area is 200 Å². The molecule has 0 spiro atoms. The van der Waals surface area contributed by atoms with Gasteiger partial charge < -0.3 is 14.8 Å². The number of benzene rings is 3. The summed E-state index contributed by atoms with van der Waals surface area (Å²) in [5.74, 6) is 0.275. The molecule has 13 heteroatoms. The van der Waals surface area contributed by atoms with E-state index in [1.165, 1.54) is 12.1 Å². The molecular formula is C21H17BrN4O8. The Morgan fingerprint density at radius 2 is 1.50 bits per heavy atom. The van der Waals surface area contributed by atoms with Crippen molar-refractivity contribution < 1.29 is 24.2 Å². The molecule has 0 saturated carbocycles. The topological polar surface area (TPSA) is 160 Å². The van der Waals surface area contributed by atoms with Crippen molar-refractivity contribution in [3.8, 4) is 17.2 Å². The van der Waals surface area contributed by atoms with Crippen LogP contribution in [0.5, 0.6) is 17.2 Å². The highest BCUT2D eigenvalue weighted by Gasteiger charge is 2.23. The molecule has 0 fully saturated rings. The molecule has 0 saturated heterocycles. The number of nitro groups is 3. The number of non-ortho nitro benzene ring substituents is 2. The lowest BCUT2D eigenvalue weighted by Crippen LogP contribution is -2.03. The van der Waals surface area contributed by atoms with Gasteiger partial charge in [-0.15, -0.1) is 0 Å². The molecule has 0 aromatic heterocycles. The van der Waals surface area contributed by atoms with Crippen LogP contribution in [0.1, 0.15) is 12.5 Å². The predicted molar refractivity (Wildman–Crippen MR) is 126 cm³/mol. The van der Waals surface area contributed by atoms with E-state index in [1.54, 1.807) is 31.2 Å². The van der Waals surface area contributed by atoms with Gasteiger partial charge in [0.05, 0.1) is 31.9 Å². The molecule has 0 aliphatic heterocycles. The highest BCUT2D eigenvalue weighted by molar-refractivity contribution is 9.10. The monoisotopic (exact) mass is 532 g/mol. The zero-order valence-corrected chi connectivity index (χ0v) is 19.2. The summed E-state index contributed by atoms with van der Waals surface area (Å²) in [6.07, 6.45) is 0. The molecule has 0 aliphatic rings. The number of nitrogens with zero attached hydrogens (tertiary/aromatic N) is 3. The molecule has 3 aromatic rings. The number of nitrogens with one attached hydrogen (secondary N) is 1. The van der Waals surface area contributed by atoms with Crippen LogP contribution in [0.25, 0.3) is 0 Å². The molecule has 0 radical (unpaired) electrons. The highest BCUT2D eigenvalue weighted by Crippen LogP contribution is 2.43. The van der Waals surface area contributed by atoms with Gasteiger partial charge >= 0.3 is 5.69 Å². The lowest BCUT2D eigenvalue weighted by atomic mass is 10.2. The second kappa shape index (κ2) is 10.6. The maximum atomic E-state index is 11.4. The fourth-order valence-electron chi connectivity index (χ4n) is 2.95. The first-order valence-electron chi connectivity index (χ1n) is 9.73. The van der Waals surface area contributed by atoms with E-state index in [2.05, 4.69) is 21.2 Å². The maximum absolute atomic E-state index is 11.4. The van der Waals surface area contributed by atoms with Gasteiger partial charge in [0.2, 0.25) is 5.75 Å². The first-order chi connectivity index (χ1) is 16.2. The van der Waals surface area contributed by atoms with Gasteiger partial charge in [-0.1, -0.05) is 0 Å². The van der Waals surface area contributed by atoms with Crippen LogP contribution in [0.4, 0.5) is 22.7 Å². The number of hydrogen-bond acceptors (Lipinski definition) is 9. The van der Waals surface area contributed by atoms with Crippen molar-refractivity contribution >= 4 is 38.7 Å². The van der Waals surface area contributed by atoms with Gasteiger partial charge in [0.1, 0.15) is 0 Å². The summed E-state index contributed by atoms with van der Waals surface area (Å²) < 4.78 is 11.8. The van der Waals surface area contributed by atoms with Crippen LogP contribution >= 0.6 is 15.9 Å². The minimum Gasteiger partial charge on any atom is -0.490 e. The largest absolute Gasteiger partial charge is 0.490 e. The lowest BCUT2D eigenvalue weighted by Gasteiger charge is -2.16. The minimum atomic E-state index is -0.765. The van der Waals surface area contributed by atoms with Crippen molar-refractivity contribution in [2.45, 2.75) is 13.5 Å². The van der Waals surface area contributed by atoms with Gasteiger partial charge in [0, 0.05) is 30.4 Å². The summed E-state index contributed by atoms with van der Waals surface area (Å²) in [7, 11) is 0. The van der Waals surface area contributed by atoms with Crippen LogP contribution in [0.3, 0.4) is 0 Å². The summed E-state index contributed by atoms with van der Waals surface area (Å²) in [5.41, 5.74) is 0.415. The number of anilines is 1. The summed E-state index contributed by atoms with van der Waals surface area (Å²) in [4.78, 5) is 31.2. The standard InChI is InChI=1S/C21H17BrN4O8/c1-2-33-20-10-13(12-23-14-3-5-15(6-4-14)24(27)28)9-17(22)21(20)34-19-8-7-16(25(29)30)11-18(19)26(31)32/h3-11,23H,2,12H2,1H3. The number of nitro benzene ring substituents is 3. The second-order valence-corrected chi connectivity index (χ2v) is 7.62. The zero-order valence-electron chi connectivity index (χ0n) is 17.6. The van der Waals surface area contributed by atoms with Crippen molar-refractivity contribution in [3.63, 3.8) is 0 Å². The van der Waals surface area contributed by atoms with E-state index in [1.807, 2.05) is 0 Å². The van der Waals surface area contributed by atoms with Crippen molar-refractivity contribution in [1.29, 1.82) is 0 Å². The average molecular weight is 533 g/mol. The van der Waals surface area contributed by atoms with E-state index in [4.69, 9.17) is 9.47 Å². The van der Waals surface area contributed by atoms with Gasteiger partial charge in [0.15, 0.2) is 11.5 Å². The fraction of sp³-hybridized carbons (Fsp3) is 0.143. The third-order valence-electron chi connectivity index (χ3n) is 4.51. The molecule has 176 valence electrons. The Hall–Kier alpha value is -4.26. The zero-order chi connectivity index (χ0) is 24.8. The third kappa shape index (κ3) is 5.75. The Balaban J connectivity index is 1.87.